The summed E-state index contributed by atoms with van der Waals surface area (Å²) in [4.78, 5) is 0. The highest BCUT2D eigenvalue weighted by Gasteiger charge is 2.39. The molecule has 0 aromatic heterocycles. The molecule has 36 heavy (non-hydrogen) atoms. The third-order valence-corrected chi connectivity index (χ3v) is 7.79. The second-order valence-electron chi connectivity index (χ2n) is 11.5. The van der Waals surface area contributed by atoms with Crippen molar-refractivity contribution >= 4 is 21.4 Å². The molecule has 210 valence electrons. The molecule has 0 unspecified atom stereocenters. The largest absolute Gasteiger partial charge is 0.453 e. The lowest BCUT2D eigenvalue weighted by Gasteiger charge is -2.31. The summed E-state index contributed by atoms with van der Waals surface area (Å²) in [6.45, 7) is 6.87. The highest BCUT2D eigenvalue weighted by Crippen LogP contribution is 2.23. The Bertz CT molecular complexity index is 374. The van der Waals surface area contributed by atoms with Crippen LogP contribution in [0.5, 0.6) is 0 Å². The molecule has 0 atom stereocenters. The molecular formula is C30H63B3O3. The van der Waals surface area contributed by atoms with E-state index in [0.29, 0.717) is 0 Å². The smallest absolute Gasteiger partial charge is 0.429 e. The fourth-order valence-corrected chi connectivity index (χ4v) is 5.35. The van der Waals surface area contributed by atoms with Crippen molar-refractivity contribution in [2.75, 3.05) is 0 Å². The van der Waals surface area contributed by atoms with Crippen LogP contribution in [-0.2, 0) is 13.7 Å². The third-order valence-electron chi connectivity index (χ3n) is 7.79. The van der Waals surface area contributed by atoms with Gasteiger partial charge in [-0.15, -0.1) is 0 Å². The molecule has 0 N–H and O–H groups in total. The van der Waals surface area contributed by atoms with Gasteiger partial charge in [-0.25, -0.2) is 0 Å². The summed E-state index contributed by atoms with van der Waals surface area (Å²) in [5.41, 5.74) is 0. The summed E-state index contributed by atoms with van der Waals surface area (Å²) in [5, 5.41) is 0. The van der Waals surface area contributed by atoms with Gasteiger partial charge in [0.05, 0.1) is 0 Å². The van der Waals surface area contributed by atoms with Crippen LogP contribution in [0, 0.1) is 0 Å². The van der Waals surface area contributed by atoms with E-state index in [-0.39, 0.29) is 21.4 Å². The summed E-state index contributed by atoms with van der Waals surface area (Å²) < 4.78 is 18.8. The average Bonchev–Trinajstić information content (AvgIpc) is 2.89. The highest BCUT2D eigenvalue weighted by atomic mass is 16.7. The minimum Gasteiger partial charge on any atom is -0.453 e. The van der Waals surface area contributed by atoms with Gasteiger partial charge >= 0.3 is 21.4 Å². The second-order valence-corrected chi connectivity index (χ2v) is 11.5. The van der Waals surface area contributed by atoms with Crippen molar-refractivity contribution < 1.29 is 13.7 Å². The van der Waals surface area contributed by atoms with Gasteiger partial charge in [-0.3, -0.25) is 0 Å². The molecule has 0 radical (unpaired) electrons. The fraction of sp³-hybridized carbons (Fsp3) is 1.00. The molecular weight excluding hydrogens is 441 g/mol. The Hall–Kier alpha value is 0.0748. The molecule has 6 heteroatoms. The van der Waals surface area contributed by atoms with Crippen molar-refractivity contribution in [2.24, 2.45) is 0 Å². The molecule has 1 aliphatic heterocycles. The van der Waals surface area contributed by atoms with Gasteiger partial charge in [0, 0.05) is 0 Å². The molecule has 0 aromatic carbocycles. The summed E-state index contributed by atoms with van der Waals surface area (Å²) in [6, 6.07) is 0. The van der Waals surface area contributed by atoms with Gasteiger partial charge in [0.25, 0.3) is 0 Å². The van der Waals surface area contributed by atoms with E-state index >= 15 is 0 Å². The fourth-order valence-electron chi connectivity index (χ4n) is 5.35. The van der Waals surface area contributed by atoms with Crippen LogP contribution in [0.1, 0.15) is 175 Å². The van der Waals surface area contributed by atoms with Crippen molar-refractivity contribution in [1.29, 1.82) is 0 Å². The number of hydrogen-bond donors (Lipinski definition) is 0. The maximum atomic E-state index is 6.27. The number of hydrogen-bond acceptors (Lipinski definition) is 3. The van der Waals surface area contributed by atoms with Crippen molar-refractivity contribution in [2.45, 2.75) is 194 Å². The Morgan fingerprint density at radius 3 is 0.694 bits per heavy atom. The standard InChI is InChI=1S/C30H63B3O3/c1-4-7-10-13-16-19-22-25-28-31-34-32(29-26-23-20-17-14-11-8-5-2)36-33(35-31)30-27-24-21-18-15-12-9-6-3/h4-30H2,1-3H3. The molecule has 0 saturated carbocycles. The van der Waals surface area contributed by atoms with Crippen LogP contribution in [0.15, 0.2) is 0 Å². The third kappa shape index (κ3) is 21.1. The van der Waals surface area contributed by atoms with Crippen molar-refractivity contribution in [3.63, 3.8) is 0 Å². The maximum Gasteiger partial charge on any atom is 0.429 e. The van der Waals surface area contributed by atoms with Crippen molar-refractivity contribution in [3.8, 4) is 0 Å². The minimum absolute atomic E-state index is 0.0584. The SMILES string of the molecule is CCCCCCCCCCB1OB(CCCCCCCCCC)OB(CCCCCCCCCC)O1. The van der Waals surface area contributed by atoms with E-state index in [9.17, 15) is 0 Å². The van der Waals surface area contributed by atoms with Gasteiger partial charge in [-0.1, -0.05) is 175 Å². The van der Waals surface area contributed by atoms with Crippen molar-refractivity contribution in [1.82, 2.24) is 0 Å². The van der Waals surface area contributed by atoms with E-state index in [2.05, 4.69) is 20.8 Å². The summed E-state index contributed by atoms with van der Waals surface area (Å²) in [5.74, 6) is 0. The zero-order chi connectivity index (χ0) is 25.9. The quantitative estimate of drug-likeness (QED) is 0.0823. The molecule has 0 aromatic rings. The molecule has 3 nitrogen and oxygen atoms in total. The first-order valence-electron chi connectivity index (χ1n) is 16.8. The molecule has 1 rings (SSSR count). The topological polar surface area (TPSA) is 27.7 Å². The predicted molar refractivity (Wildman–Crippen MR) is 163 cm³/mol. The zero-order valence-corrected chi connectivity index (χ0v) is 25.0. The Morgan fingerprint density at radius 2 is 0.472 bits per heavy atom. The Kier molecular flexibility index (Phi) is 25.3. The molecule has 0 spiro atoms. The molecule has 1 fully saturated rings. The lowest BCUT2D eigenvalue weighted by Crippen LogP contribution is -2.48. The van der Waals surface area contributed by atoms with Crippen LogP contribution in [0.2, 0.25) is 19.0 Å². The van der Waals surface area contributed by atoms with Crippen molar-refractivity contribution in [3.05, 3.63) is 0 Å². The highest BCUT2D eigenvalue weighted by molar-refractivity contribution is 6.73. The van der Waals surface area contributed by atoms with E-state index in [1.165, 1.54) is 154 Å². The molecule has 0 amide bonds. The van der Waals surface area contributed by atoms with Crippen LogP contribution in [-0.4, -0.2) is 21.4 Å². The summed E-state index contributed by atoms with van der Waals surface area (Å²) in [7, 11) is -0.175. The zero-order valence-electron chi connectivity index (χ0n) is 25.0. The maximum absolute atomic E-state index is 6.27. The van der Waals surface area contributed by atoms with Crippen LogP contribution in [0.3, 0.4) is 0 Å². The van der Waals surface area contributed by atoms with E-state index in [4.69, 9.17) is 13.7 Å². The molecule has 0 bridgehead atoms. The van der Waals surface area contributed by atoms with Crippen LogP contribution < -0.4 is 0 Å². The Balaban J connectivity index is 2.26. The van der Waals surface area contributed by atoms with Gasteiger partial charge < -0.3 is 13.7 Å². The lowest BCUT2D eigenvalue weighted by atomic mass is 9.64. The minimum atomic E-state index is -0.0584. The van der Waals surface area contributed by atoms with E-state index in [0.717, 1.165) is 19.0 Å². The van der Waals surface area contributed by atoms with Crippen LogP contribution in [0.4, 0.5) is 0 Å². The van der Waals surface area contributed by atoms with Gasteiger partial charge in [0.1, 0.15) is 0 Å². The van der Waals surface area contributed by atoms with E-state index in [1.807, 2.05) is 0 Å². The number of unbranched alkanes of at least 4 members (excludes halogenated alkanes) is 21. The monoisotopic (exact) mass is 505 g/mol. The summed E-state index contributed by atoms with van der Waals surface area (Å²) in [6.07, 6.45) is 35.5. The van der Waals surface area contributed by atoms with Gasteiger partial charge in [0.15, 0.2) is 0 Å². The van der Waals surface area contributed by atoms with Gasteiger partial charge in [-0.2, -0.15) is 0 Å². The van der Waals surface area contributed by atoms with E-state index in [1.54, 1.807) is 0 Å². The predicted octanol–water partition coefficient (Wildman–Crippen LogP) is 10.9. The molecule has 0 aliphatic carbocycles. The first-order valence-corrected chi connectivity index (χ1v) is 16.8. The Morgan fingerprint density at radius 1 is 0.278 bits per heavy atom. The van der Waals surface area contributed by atoms with Crippen LogP contribution >= 0.6 is 0 Å². The molecule has 1 aliphatic rings. The second kappa shape index (κ2) is 26.7. The van der Waals surface area contributed by atoms with E-state index < -0.39 is 0 Å². The summed E-state index contributed by atoms with van der Waals surface area (Å²) >= 11 is 0. The number of rotatable bonds is 27. The lowest BCUT2D eigenvalue weighted by molar-refractivity contribution is 0.275. The first-order chi connectivity index (χ1) is 17.8. The molecule has 1 heterocycles. The normalized spacial score (nSPS) is 14.2. The van der Waals surface area contributed by atoms with Gasteiger partial charge in [-0.05, 0) is 19.0 Å². The first kappa shape index (κ1) is 34.1. The van der Waals surface area contributed by atoms with Gasteiger partial charge in [0.2, 0.25) is 0 Å². The molecule has 1 saturated heterocycles. The van der Waals surface area contributed by atoms with Crippen LogP contribution in [0.25, 0.3) is 0 Å². The average molecular weight is 504 g/mol. The Labute approximate surface area is 228 Å².